The maximum atomic E-state index is 9.99. The smallest absolute Gasteiger partial charge is 0.383 e. The van der Waals surface area contributed by atoms with Crippen LogP contribution in [0.25, 0.3) is 0 Å². The number of aromatic nitrogens is 2. The van der Waals surface area contributed by atoms with Crippen molar-refractivity contribution in [2.45, 2.75) is 0 Å². The molecule has 0 saturated carbocycles. The zero-order valence-electron chi connectivity index (χ0n) is 4.17. The molecule has 0 aliphatic carbocycles. The third-order valence-electron chi connectivity index (χ3n) is 0.420. The Morgan fingerprint density at radius 2 is 2.12 bits per heavy atom. The van der Waals surface area contributed by atoms with E-state index in [4.69, 9.17) is 0 Å². The summed E-state index contributed by atoms with van der Waals surface area (Å²) in [5.41, 5.74) is -0.560. The second-order valence-corrected chi connectivity index (χ2v) is 1.64. The number of hydrogen-bond acceptors (Lipinski definition) is 3. The number of nitrogens with one attached hydrogen (secondary N) is 1. The average Bonchev–Trinajstić information content (AvgIpc) is 1.87. The van der Waals surface area contributed by atoms with Crippen LogP contribution in [0.3, 0.4) is 0 Å². The molecule has 1 aromatic heterocycles. The Morgan fingerprint density at radius 1 is 1.50 bits per heavy atom. The van der Waals surface area contributed by atoms with Gasteiger partial charge in [-0.1, -0.05) is 0 Å². The molecule has 1 N–H and O–H groups in total. The molecule has 4 nitrogen and oxygen atoms in total. The van der Waals surface area contributed by atoms with Crippen molar-refractivity contribution in [2.75, 3.05) is 0 Å². The van der Waals surface area contributed by atoms with Crippen molar-refractivity contribution in [3.63, 3.8) is 0 Å². The van der Waals surface area contributed by atoms with Gasteiger partial charge in [0, 0.05) is 0 Å². The summed E-state index contributed by atoms with van der Waals surface area (Å²) in [6, 6.07) is 0. The van der Waals surface area contributed by atoms with Crippen LogP contribution in [0.5, 0.6) is 0 Å². The molecule has 0 atom stereocenters. The van der Waals surface area contributed by atoms with E-state index >= 15 is 0 Å². The second-order valence-electron chi connectivity index (χ2n) is 0.900. The minimum absolute atomic E-state index is 0. The first kappa shape index (κ1) is 8.97. The van der Waals surface area contributed by atoms with E-state index in [0.717, 1.165) is 0 Å². The number of H-pyrrole nitrogens is 1. The SMILES string of the molecule is O=c1[n-]sc(=O)[nH]1.[Rb+]. The van der Waals surface area contributed by atoms with Gasteiger partial charge in [0.15, 0.2) is 5.69 Å². The maximum Gasteiger partial charge on any atom is 1.00 e. The monoisotopic (exact) mass is 202 g/mol. The van der Waals surface area contributed by atoms with Crippen molar-refractivity contribution in [1.82, 2.24) is 9.36 Å². The van der Waals surface area contributed by atoms with Gasteiger partial charge >= 0.3 is 58.2 Å². The van der Waals surface area contributed by atoms with Gasteiger partial charge < -0.3 is 9.36 Å². The first-order chi connectivity index (χ1) is 3.29. The minimum Gasteiger partial charge on any atom is -0.383 e. The van der Waals surface area contributed by atoms with Gasteiger partial charge in [-0.2, -0.15) is 0 Å². The van der Waals surface area contributed by atoms with Gasteiger partial charge in [-0.25, -0.2) is 0 Å². The van der Waals surface area contributed by atoms with Gasteiger partial charge in [0.05, 0.1) is 0 Å². The van der Waals surface area contributed by atoms with Crippen LogP contribution in [0.4, 0.5) is 0 Å². The Labute approximate surface area is 97.3 Å². The standard InChI is InChI=1S/C2H2N2O2S.Rb/c5-1-3-2(6)7-4-1;/h(H2,3,4,5,6);/q;+1/p-1. The Hall–Kier alpha value is 0.965. The number of nitrogens with zero attached hydrogens (tertiary/aromatic N) is 1. The van der Waals surface area contributed by atoms with Crippen LogP contribution in [-0.4, -0.2) is 4.98 Å². The zero-order valence-corrected chi connectivity index (χ0v) is 9.90. The fraction of sp³-hybridized carbons (Fsp3) is 0. The van der Waals surface area contributed by atoms with Crippen molar-refractivity contribution in [2.24, 2.45) is 0 Å². The van der Waals surface area contributed by atoms with Gasteiger partial charge in [-0.15, -0.1) is 11.5 Å². The molecule has 0 amide bonds. The van der Waals surface area contributed by atoms with E-state index in [1.165, 1.54) is 0 Å². The van der Waals surface area contributed by atoms with Crippen LogP contribution in [0, 0.1) is 0 Å². The molecular formula is C2HN2O2RbS. The van der Waals surface area contributed by atoms with Crippen molar-refractivity contribution >= 4 is 11.5 Å². The minimum atomic E-state index is -0.560. The van der Waals surface area contributed by atoms with Crippen LogP contribution in [0.15, 0.2) is 9.59 Å². The summed E-state index contributed by atoms with van der Waals surface area (Å²) < 4.78 is 3.13. The maximum absolute atomic E-state index is 9.99. The molecule has 0 aliphatic heterocycles. The summed E-state index contributed by atoms with van der Waals surface area (Å²) in [5.74, 6) is 0. The van der Waals surface area contributed by atoms with E-state index < -0.39 is 10.6 Å². The third kappa shape index (κ3) is 2.50. The first-order valence-electron chi connectivity index (χ1n) is 1.52. The number of hydrogen-bond donors (Lipinski definition) is 1. The Balaban J connectivity index is 0.000000490. The van der Waals surface area contributed by atoms with E-state index in [1.54, 1.807) is 0 Å². The molecule has 8 heavy (non-hydrogen) atoms. The molecule has 0 fully saturated rings. The van der Waals surface area contributed by atoms with Crippen molar-refractivity contribution in [1.29, 1.82) is 0 Å². The summed E-state index contributed by atoms with van der Waals surface area (Å²) in [6.45, 7) is 0. The normalized spacial score (nSPS) is 8.00. The van der Waals surface area contributed by atoms with E-state index in [9.17, 15) is 9.59 Å². The molecule has 0 bridgehead atoms. The van der Waals surface area contributed by atoms with Crippen LogP contribution >= 0.6 is 11.5 Å². The van der Waals surface area contributed by atoms with Gasteiger partial charge in [0.25, 0.3) is 0 Å². The molecule has 0 unspecified atom stereocenters. The Bertz CT molecular complexity index is 222. The van der Waals surface area contributed by atoms with E-state index in [-0.39, 0.29) is 58.2 Å². The number of rotatable bonds is 0. The molecule has 1 aromatic rings. The summed E-state index contributed by atoms with van der Waals surface area (Å²) in [7, 11) is 0. The first-order valence-corrected chi connectivity index (χ1v) is 2.29. The molecule has 0 saturated heterocycles. The molecule has 6 heteroatoms. The van der Waals surface area contributed by atoms with Crippen LogP contribution in [-0.2, 0) is 0 Å². The summed E-state index contributed by atoms with van der Waals surface area (Å²) >= 11 is 0.631. The van der Waals surface area contributed by atoms with Crippen LogP contribution < -0.4 is 73.1 Å². The third-order valence-corrected chi connectivity index (χ3v) is 0.945. The fourth-order valence-corrected chi connectivity index (χ4v) is 0.560. The quantitative estimate of drug-likeness (QED) is 0.464. The molecule has 0 aliphatic rings. The average molecular weight is 203 g/mol. The largest absolute Gasteiger partial charge is 1.00 e. The van der Waals surface area contributed by atoms with E-state index in [1.807, 2.05) is 4.98 Å². The van der Waals surface area contributed by atoms with Crippen LogP contribution in [0.2, 0.25) is 0 Å². The van der Waals surface area contributed by atoms with Crippen molar-refractivity contribution in [3.05, 3.63) is 20.2 Å². The summed E-state index contributed by atoms with van der Waals surface area (Å²) in [4.78, 5) is 21.5. The number of aromatic amines is 1. The van der Waals surface area contributed by atoms with Crippen molar-refractivity contribution in [3.8, 4) is 0 Å². The summed E-state index contributed by atoms with van der Waals surface area (Å²) in [6.07, 6.45) is 0. The Kier molecular flexibility index (Phi) is 4.36. The predicted octanol–water partition coefficient (Wildman–Crippen LogP) is -4.24. The Morgan fingerprint density at radius 3 is 2.25 bits per heavy atom. The van der Waals surface area contributed by atoms with Gasteiger partial charge in [0.2, 0.25) is 4.87 Å². The molecule has 1 heterocycles. The van der Waals surface area contributed by atoms with E-state index in [2.05, 4.69) is 4.37 Å². The van der Waals surface area contributed by atoms with Crippen molar-refractivity contribution < 1.29 is 58.2 Å². The topological polar surface area (TPSA) is 64.0 Å². The molecule has 38 valence electrons. The molecule has 0 radical (unpaired) electrons. The summed E-state index contributed by atoms with van der Waals surface area (Å²) in [5, 5.41) is 0. The zero-order chi connectivity index (χ0) is 5.28. The fourth-order valence-electron chi connectivity index (χ4n) is 0.216. The molecular weight excluding hydrogens is 202 g/mol. The van der Waals surface area contributed by atoms with Gasteiger partial charge in [-0.3, -0.25) is 9.59 Å². The van der Waals surface area contributed by atoms with Gasteiger partial charge in [0.1, 0.15) is 0 Å². The van der Waals surface area contributed by atoms with E-state index in [0.29, 0.717) is 11.5 Å². The molecule has 0 aromatic carbocycles. The molecule has 1 rings (SSSR count). The predicted molar refractivity (Wildman–Crippen MR) is 24.5 cm³/mol. The second kappa shape index (κ2) is 3.89. The van der Waals surface area contributed by atoms with Gasteiger partial charge in [-0.05, 0) is 0 Å². The van der Waals surface area contributed by atoms with Crippen LogP contribution in [0.1, 0.15) is 0 Å². The molecule has 0 spiro atoms.